The molecular formula is C62H53FN4O5S5. The van der Waals surface area contributed by atoms with Crippen molar-refractivity contribution in [3.8, 4) is 17.0 Å². The van der Waals surface area contributed by atoms with Gasteiger partial charge in [0.15, 0.2) is 0 Å². The number of ether oxygens (including phenoxy) is 1. The molecule has 8 aromatic rings. The van der Waals surface area contributed by atoms with E-state index in [2.05, 4.69) is 85.4 Å². The van der Waals surface area contributed by atoms with E-state index in [1.165, 1.54) is 68.2 Å². The number of thiazole rings is 1. The Morgan fingerprint density at radius 3 is 2.34 bits per heavy atom. The number of para-hydroxylation sites is 1. The fourth-order valence-electron chi connectivity index (χ4n) is 10.2. The largest absolute Gasteiger partial charge is 0.457 e. The van der Waals surface area contributed by atoms with Gasteiger partial charge in [0.2, 0.25) is 0 Å². The lowest BCUT2D eigenvalue weighted by molar-refractivity contribution is -0.123. The third-order valence-electron chi connectivity index (χ3n) is 14.3. The van der Waals surface area contributed by atoms with E-state index in [1.807, 2.05) is 85.8 Å². The second-order valence-electron chi connectivity index (χ2n) is 19.1. The summed E-state index contributed by atoms with van der Waals surface area (Å²) in [5.74, 6) is 1.26. The van der Waals surface area contributed by atoms with Crippen molar-refractivity contribution in [3.63, 3.8) is 0 Å². The van der Waals surface area contributed by atoms with Gasteiger partial charge in [-0.05, 0) is 84.3 Å². The van der Waals surface area contributed by atoms with Crippen molar-refractivity contribution in [2.75, 3.05) is 13.2 Å². The number of halogens is 1. The fraction of sp³-hybridized carbons (Fsp3) is 0.177. The number of allylic oxidation sites excluding steroid dienone is 1. The summed E-state index contributed by atoms with van der Waals surface area (Å²) in [5.41, 5.74) is 7.24. The maximum atomic E-state index is 13.4. The molecule has 0 bridgehead atoms. The number of carbonyl (C=O) groups excluding carboxylic acids is 2. The molecule has 77 heavy (non-hydrogen) atoms. The van der Waals surface area contributed by atoms with E-state index in [9.17, 15) is 18.8 Å². The van der Waals surface area contributed by atoms with Gasteiger partial charge < -0.3 is 19.0 Å². The maximum Gasteiger partial charge on any atom is 0.273 e. The van der Waals surface area contributed by atoms with E-state index >= 15 is 0 Å². The highest BCUT2D eigenvalue weighted by Gasteiger charge is 2.41. The predicted molar refractivity (Wildman–Crippen MR) is 323 cm³/mol. The molecule has 15 heteroatoms. The van der Waals surface area contributed by atoms with Crippen LogP contribution in [0.2, 0.25) is 0 Å². The molecule has 9 nitrogen and oxygen atoms in total. The van der Waals surface area contributed by atoms with Crippen molar-refractivity contribution in [3.05, 3.63) is 214 Å². The van der Waals surface area contributed by atoms with Gasteiger partial charge in [0, 0.05) is 46.2 Å². The van der Waals surface area contributed by atoms with E-state index in [-0.39, 0.29) is 34.7 Å². The summed E-state index contributed by atoms with van der Waals surface area (Å²) in [6.07, 6.45) is 9.40. The third-order valence-corrected chi connectivity index (χ3v) is 17.9. The molecule has 7 heterocycles. The van der Waals surface area contributed by atoms with Crippen molar-refractivity contribution in [2.45, 2.75) is 51.7 Å². The minimum Gasteiger partial charge on any atom is -0.457 e. The number of thiocarbonyl (C=S) groups is 2. The molecule has 3 fully saturated rings. The van der Waals surface area contributed by atoms with Crippen LogP contribution >= 0.6 is 59.3 Å². The number of thioether (sulfide) groups is 2. The summed E-state index contributed by atoms with van der Waals surface area (Å²) in [4.78, 5) is 40.6. The third kappa shape index (κ3) is 11.0. The molecule has 3 unspecified atom stereocenters. The Morgan fingerprint density at radius 2 is 1.62 bits per heavy atom. The number of hydrogen-bond donors (Lipinski definition) is 1. The van der Waals surface area contributed by atoms with Gasteiger partial charge in [0.1, 0.15) is 26.0 Å². The van der Waals surface area contributed by atoms with Crippen LogP contribution in [0.1, 0.15) is 54.7 Å². The van der Waals surface area contributed by atoms with E-state index in [1.54, 1.807) is 29.2 Å². The monoisotopic (exact) mass is 1110 g/mol. The van der Waals surface area contributed by atoms with Crippen molar-refractivity contribution in [1.82, 2.24) is 19.4 Å². The quantitative estimate of drug-likeness (QED) is 0.118. The molecule has 4 aliphatic heterocycles. The maximum absolute atomic E-state index is 13.4. The summed E-state index contributed by atoms with van der Waals surface area (Å²) in [5, 5.41) is 5.64. The second-order valence-corrected chi connectivity index (χ2v) is 23.6. The number of rotatable bonds is 8. The van der Waals surface area contributed by atoms with Gasteiger partial charge in [-0.15, -0.1) is 11.3 Å². The normalized spacial score (nSPS) is 20.5. The minimum atomic E-state index is -0.380. The molecule has 0 aliphatic carbocycles. The number of benzene rings is 5. The molecule has 5 aromatic carbocycles. The highest BCUT2D eigenvalue weighted by molar-refractivity contribution is 8.30. The van der Waals surface area contributed by atoms with Crippen LogP contribution in [0.5, 0.6) is 0 Å². The Morgan fingerprint density at radius 1 is 0.883 bits per heavy atom. The average molecular weight is 1110 g/mol. The molecule has 3 atom stereocenters. The molecule has 1 N–H and O–H groups in total. The number of amides is 2. The highest BCUT2D eigenvalue weighted by Crippen LogP contribution is 2.45. The number of hydrogen-bond acceptors (Lipinski definition) is 10. The molecule has 388 valence electrons. The first kappa shape index (κ1) is 53.4. The minimum absolute atomic E-state index is 0.0654. The molecule has 0 radical (unpaired) electrons. The second kappa shape index (κ2) is 22.9. The first-order chi connectivity index (χ1) is 37.2. The number of aryl methyl sites for hydroxylation is 1. The lowest BCUT2D eigenvalue weighted by atomic mass is 9.66. The zero-order chi connectivity index (χ0) is 54.0. The predicted octanol–water partition coefficient (Wildman–Crippen LogP) is 10.8. The molecule has 0 spiro atoms. The van der Waals surface area contributed by atoms with Crippen LogP contribution in [-0.2, 0) is 26.3 Å². The van der Waals surface area contributed by atoms with Gasteiger partial charge in [0.05, 0.1) is 42.9 Å². The molecule has 3 saturated heterocycles. The van der Waals surface area contributed by atoms with Crippen LogP contribution in [0.15, 0.2) is 160 Å². The van der Waals surface area contributed by atoms with Crippen molar-refractivity contribution >= 4 is 127 Å². The number of aromatic nitrogens is 2. The van der Waals surface area contributed by atoms with Gasteiger partial charge in [-0.25, -0.2) is 4.39 Å². The van der Waals surface area contributed by atoms with Crippen LogP contribution in [0, 0.1) is 18.7 Å². The van der Waals surface area contributed by atoms with Crippen LogP contribution in [-0.4, -0.2) is 53.7 Å². The number of nitrogens with one attached hydrogen (secondary N) is 1. The molecule has 0 saturated carbocycles. The summed E-state index contributed by atoms with van der Waals surface area (Å²) >= 11 is 14.5. The van der Waals surface area contributed by atoms with Crippen LogP contribution in [0.25, 0.3) is 64.2 Å². The van der Waals surface area contributed by atoms with E-state index in [0.29, 0.717) is 51.6 Å². The molecule has 4 aliphatic rings. The first-order valence-electron chi connectivity index (χ1n) is 25.1. The number of furan rings is 1. The van der Waals surface area contributed by atoms with Crippen molar-refractivity contribution < 1.29 is 23.1 Å². The summed E-state index contributed by atoms with van der Waals surface area (Å²) in [6.45, 7) is 17.1. The lowest BCUT2D eigenvalue weighted by Gasteiger charge is -2.41. The SMILES string of the molecule is C=c1c(=C2SC(=S)NC2=O)c2cccc3c2n1CC(C)C3(C)c1ccccc1.C=c1sc(=CC=Cc2ccccc2)c(=O)n1-c1cccc(F)c1.Cc1ccccc1-c1ccc(C=C2SC(=S)N(CC3CCCO3)C2=O)o1. The molecular weight excluding hydrogens is 1060 g/mol. The Labute approximate surface area is 468 Å². The van der Waals surface area contributed by atoms with Crippen molar-refractivity contribution in [2.24, 2.45) is 5.92 Å². The van der Waals surface area contributed by atoms with Gasteiger partial charge >= 0.3 is 0 Å². The first-order valence-corrected chi connectivity index (χ1v) is 28.3. The topological polar surface area (TPSA) is 98.7 Å². The lowest BCUT2D eigenvalue weighted by Crippen LogP contribution is -2.41. The van der Waals surface area contributed by atoms with Gasteiger partial charge in [-0.2, -0.15) is 0 Å². The number of nitrogens with zero attached hydrogens (tertiary/aromatic N) is 3. The summed E-state index contributed by atoms with van der Waals surface area (Å²) in [7, 11) is 0. The van der Waals surface area contributed by atoms with Crippen LogP contribution in [0.3, 0.4) is 0 Å². The molecule has 3 aromatic heterocycles. The van der Waals surface area contributed by atoms with E-state index in [0.717, 1.165) is 64.4 Å². The highest BCUT2D eigenvalue weighted by atomic mass is 32.2. The average Bonchev–Trinajstić information content (AvgIpc) is 4.40. The Bertz CT molecular complexity index is 3990. The van der Waals surface area contributed by atoms with Gasteiger partial charge in [-0.1, -0.05) is 196 Å². The van der Waals surface area contributed by atoms with E-state index < -0.39 is 0 Å². The Hall–Kier alpha value is -6.98. The van der Waals surface area contributed by atoms with E-state index in [4.69, 9.17) is 33.6 Å². The summed E-state index contributed by atoms with van der Waals surface area (Å²) in [6, 6.07) is 44.8. The molecule has 2 amide bonds. The Kier molecular flexibility index (Phi) is 15.9. The van der Waals surface area contributed by atoms with Crippen LogP contribution < -0.4 is 30.6 Å². The zero-order valence-electron chi connectivity index (χ0n) is 42.5. The smallest absolute Gasteiger partial charge is 0.273 e. The number of carbonyl (C=O) groups is 2. The van der Waals surface area contributed by atoms with Gasteiger partial charge in [0.25, 0.3) is 17.4 Å². The van der Waals surface area contributed by atoms with Crippen LogP contribution in [0.4, 0.5) is 4.39 Å². The van der Waals surface area contributed by atoms with Crippen molar-refractivity contribution in [1.29, 1.82) is 0 Å². The fourth-order valence-corrected chi connectivity index (χ4v) is 13.5. The standard InChI is InChI=1S/C23H20N2OS2.C20H19NO3S2.C19H14FNOS/c1-13-12-25-14(2)18(20-21(26)24-22(27)28-20)16-10-7-11-17(19(16)25)23(13,3)15-8-5-4-6-9-15;1-13-5-2-3-7-16(13)17-9-8-14(24-17)11-18-19(22)21(20(25)26-18)12-15-6-4-10-23-15;1-14-21(17-11-6-10-16(20)13-17)19(22)18(23-14)12-5-9-15-7-3-2-4-8-15/h4-11,13H,2,12H2,1,3H3,(H,24,26,27);2-3,5,7-9,11,15H,4,6,10,12H2,1H3;2-13H,1H2. The summed E-state index contributed by atoms with van der Waals surface area (Å²) < 4.78 is 30.9. The zero-order valence-corrected chi connectivity index (χ0v) is 46.6. The Balaban J connectivity index is 0.000000132. The molecule has 12 rings (SSSR count). The van der Waals surface area contributed by atoms with Gasteiger partial charge in [-0.3, -0.25) is 23.9 Å².